The number of ether oxygens (including phenoxy) is 3. The lowest BCUT2D eigenvalue weighted by atomic mass is 10.1. The molecule has 0 rings (SSSR count). The van der Waals surface area contributed by atoms with Crippen LogP contribution in [0, 0.1) is 0 Å². The summed E-state index contributed by atoms with van der Waals surface area (Å²) in [6, 6.07) is 0. The van der Waals surface area contributed by atoms with Crippen molar-refractivity contribution in [3.63, 3.8) is 0 Å². The first-order valence-electron chi connectivity index (χ1n) is 25.3. The minimum Gasteiger partial charge on any atom is -0.462 e. The quantitative estimate of drug-likeness (QED) is 0.0200. The van der Waals surface area contributed by atoms with Crippen molar-refractivity contribution in [1.29, 1.82) is 0 Å². The Balaban J connectivity index is 4.50. The molecule has 62 heavy (non-hydrogen) atoms. The zero-order chi connectivity index (χ0) is 45.1. The topological polar surface area (TPSA) is 78.9 Å². The maximum atomic E-state index is 12.7. The van der Waals surface area contributed by atoms with Crippen LogP contribution in [0.15, 0.2) is 97.2 Å². The van der Waals surface area contributed by atoms with Gasteiger partial charge in [-0.2, -0.15) is 0 Å². The second kappa shape index (κ2) is 50.0. The number of hydrogen-bond acceptors (Lipinski definition) is 6. The van der Waals surface area contributed by atoms with Crippen LogP contribution in [0.25, 0.3) is 0 Å². The highest BCUT2D eigenvalue weighted by Gasteiger charge is 2.19. The molecule has 0 aromatic carbocycles. The maximum Gasteiger partial charge on any atom is 0.306 e. The third-order valence-corrected chi connectivity index (χ3v) is 10.3. The van der Waals surface area contributed by atoms with Crippen LogP contribution in [-0.4, -0.2) is 37.2 Å². The number of carbonyl (C=O) groups excluding carboxylic acids is 3. The third kappa shape index (κ3) is 47.4. The van der Waals surface area contributed by atoms with Crippen molar-refractivity contribution in [2.24, 2.45) is 0 Å². The summed E-state index contributed by atoms with van der Waals surface area (Å²) in [7, 11) is 0. The monoisotopic (exact) mass is 861 g/mol. The molecular formula is C56H92O6. The SMILES string of the molecule is CCCCC/C=C\C/C=C\C/C=C\C/C=C\CCCC(=O)OC(COC(=O)CCC/C=C\CCCCCC)COC(=O)CCCCCCC\C=C/C=C\C=C/CCCCCCC. The summed E-state index contributed by atoms with van der Waals surface area (Å²) < 4.78 is 16.6. The van der Waals surface area contributed by atoms with Crippen LogP contribution in [0.4, 0.5) is 0 Å². The highest BCUT2D eigenvalue weighted by molar-refractivity contribution is 5.71. The van der Waals surface area contributed by atoms with E-state index in [0.717, 1.165) is 83.5 Å². The van der Waals surface area contributed by atoms with E-state index in [1.54, 1.807) is 0 Å². The molecule has 0 spiro atoms. The Labute approximate surface area is 381 Å². The molecule has 1 unspecified atom stereocenters. The van der Waals surface area contributed by atoms with E-state index in [9.17, 15) is 14.4 Å². The zero-order valence-corrected chi connectivity index (χ0v) is 40.1. The number of rotatable bonds is 44. The fraction of sp³-hybridized carbons (Fsp3) is 0.661. The summed E-state index contributed by atoms with van der Waals surface area (Å²) in [5, 5.41) is 0. The van der Waals surface area contributed by atoms with Gasteiger partial charge in [0, 0.05) is 19.3 Å². The van der Waals surface area contributed by atoms with Crippen LogP contribution in [0.1, 0.15) is 220 Å². The van der Waals surface area contributed by atoms with Crippen LogP contribution in [0.5, 0.6) is 0 Å². The molecule has 0 aliphatic carbocycles. The molecule has 0 fully saturated rings. The average molecular weight is 861 g/mol. The Morgan fingerprint density at radius 3 is 1.16 bits per heavy atom. The molecule has 0 aliphatic rings. The molecule has 0 heterocycles. The van der Waals surface area contributed by atoms with Gasteiger partial charge in [0.15, 0.2) is 6.10 Å². The molecule has 0 aromatic heterocycles. The molecule has 352 valence electrons. The molecule has 0 bridgehead atoms. The van der Waals surface area contributed by atoms with Gasteiger partial charge < -0.3 is 14.2 Å². The van der Waals surface area contributed by atoms with Crippen molar-refractivity contribution >= 4 is 17.9 Å². The molecule has 6 nitrogen and oxygen atoms in total. The first kappa shape index (κ1) is 58.3. The smallest absolute Gasteiger partial charge is 0.306 e. The van der Waals surface area contributed by atoms with Crippen molar-refractivity contribution in [2.75, 3.05) is 13.2 Å². The van der Waals surface area contributed by atoms with Gasteiger partial charge in [0.25, 0.3) is 0 Å². The Bertz CT molecular complexity index is 1260. The molecule has 0 aliphatic heterocycles. The van der Waals surface area contributed by atoms with Gasteiger partial charge in [-0.05, 0) is 103 Å². The molecular weight excluding hydrogens is 769 g/mol. The van der Waals surface area contributed by atoms with Crippen LogP contribution < -0.4 is 0 Å². The Kier molecular flexibility index (Phi) is 47.0. The molecule has 0 N–H and O–H groups in total. The number of hydrogen-bond donors (Lipinski definition) is 0. The van der Waals surface area contributed by atoms with Crippen molar-refractivity contribution < 1.29 is 28.6 Å². The minimum absolute atomic E-state index is 0.120. The van der Waals surface area contributed by atoms with Crippen LogP contribution in [0.2, 0.25) is 0 Å². The average Bonchev–Trinajstić information content (AvgIpc) is 3.27. The van der Waals surface area contributed by atoms with E-state index in [4.69, 9.17) is 14.2 Å². The number of allylic oxidation sites excluding steroid dienone is 16. The fourth-order valence-corrected chi connectivity index (χ4v) is 6.50. The molecule has 0 saturated carbocycles. The van der Waals surface area contributed by atoms with Crippen molar-refractivity contribution in [1.82, 2.24) is 0 Å². The van der Waals surface area contributed by atoms with E-state index in [1.807, 2.05) is 0 Å². The number of unbranched alkanes of at least 4 members (excludes halogenated alkanes) is 19. The van der Waals surface area contributed by atoms with E-state index in [2.05, 4.69) is 118 Å². The second-order valence-electron chi connectivity index (χ2n) is 16.4. The van der Waals surface area contributed by atoms with Crippen LogP contribution >= 0.6 is 0 Å². The van der Waals surface area contributed by atoms with Crippen LogP contribution in [0.3, 0.4) is 0 Å². The van der Waals surface area contributed by atoms with E-state index in [0.29, 0.717) is 25.7 Å². The fourth-order valence-electron chi connectivity index (χ4n) is 6.50. The highest BCUT2D eigenvalue weighted by atomic mass is 16.6. The van der Waals surface area contributed by atoms with E-state index in [1.165, 1.54) is 83.5 Å². The summed E-state index contributed by atoms with van der Waals surface area (Å²) in [4.78, 5) is 37.8. The largest absolute Gasteiger partial charge is 0.462 e. The van der Waals surface area contributed by atoms with Gasteiger partial charge in [-0.3, -0.25) is 14.4 Å². The van der Waals surface area contributed by atoms with E-state index >= 15 is 0 Å². The van der Waals surface area contributed by atoms with Crippen molar-refractivity contribution in [2.45, 2.75) is 226 Å². The molecule has 0 amide bonds. The van der Waals surface area contributed by atoms with Crippen molar-refractivity contribution in [3.8, 4) is 0 Å². The summed E-state index contributed by atoms with van der Waals surface area (Å²) in [5.74, 6) is -1.04. The molecule has 6 heteroatoms. The number of carbonyl (C=O) groups is 3. The first-order valence-corrected chi connectivity index (χ1v) is 25.3. The number of esters is 3. The Hall–Kier alpha value is -3.67. The molecule has 0 saturated heterocycles. The normalized spacial score (nSPS) is 12.9. The van der Waals surface area contributed by atoms with Gasteiger partial charge in [0.1, 0.15) is 13.2 Å². The van der Waals surface area contributed by atoms with Gasteiger partial charge in [-0.15, -0.1) is 0 Å². The lowest BCUT2D eigenvalue weighted by molar-refractivity contribution is -0.167. The van der Waals surface area contributed by atoms with Gasteiger partial charge in [0.2, 0.25) is 0 Å². The Morgan fingerprint density at radius 2 is 0.661 bits per heavy atom. The maximum absolute atomic E-state index is 12.7. The molecule has 1 atom stereocenters. The van der Waals surface area contributed by atoms with Gasteiger partial charge >= 0.3 is 17.9 Å². The van der Waals surface area contributed by atoms with E-state index < -0.39 is 6.10 Å². The standard InChI is InChI=1S/C56H92O6/c1-4-7-10-13-16-19-21-23-25-27-29-30-32-34-37-40-43-46-49-55(58)61-52-53(51-60-54(57)48-45-42-39-36-18-15-12-9-6-3)62-56(59)50-47-44-41-38-35-33-31-28-26-24-22-20-17-14-11-8-5-2/h17,20-21,23-27,29-31,33,36,38-39,41,53H,4-16,18-19,22,28,32,34-35,37,40,42-52H2,1-3H3/b20-17-,23-21-,26-24-,27-25-,30-29-,33-31-,39-36-,41-38-. The van der Waals surface area contributed by atoms with Crippen LogP contribution in [-0.2, 0) is 28.6 Å². The summed E-state index contributed by atoms with van der Waals surface area (Å²) >= 11 is 0. The van der Waals surface area contributed by atoms with Gasteiger partial charge in [-0.1, -0.05) is 195 Å². The molecule has 0 aromatic rings. The van der Waals surface area contributed by atoms with Gasteiger partial charge in [-0.25, -0.2) is 0 Å². The summed E-state index contributed by atoms with van der Waals surface area (Å²) in [6.45, 7) is 6.45. The zero-order valence-electron chi connectivity index (χ0n) is 40.1. The lowest BCUT2D eigenvalue weighted by Crippen LogP contribution is -2.30. The van der Waals surface area contributed by atoms with Gasteiger partial charge in [0.05, 0.1) is 0 Å². The predicted molar refractivity (Wildman–Crippen MR) is 265 cm³/mol. The van der Waals surface area contributed by atoms with Crippen molar-refractivity contribution in [3.05, 3.63) is 97.2 Å². The highest BCUT2D eigenvalue weighted by Crippen LogP contribution is 2.11. The Morgan fingerprint density at radius 1 is 0.339 bits per heavy atom. The summed E-state index contributed by atoms with van der Waals surface area (Å²) in [5.41, 5.74) is 0. The lowest BCUT2D eigenvalue weighted by Gasteiger charge is -2.18. The predicted octanol–water partition coefficient (Wildman–Crippen LogP) is 16.6. The third-order valence-electron chi connectivity index (χ3n) is 10.3. The molecule has 0 radical (unpaired) electrons. The van der Waals surface area contributed by atoms with E-state index in [-0.39, 0.29) is 37.5 Å². The first-order chi connectivity index (χ1) is 30.5. The summed E-state index contributed by atoms with van der Waals surface area (Å²) in [6.07, 6.45) is 65.5. The second-order valence-corrected chi connectivity index (χ2v) is 16.4. The minimum atomic E-state index is -0.825.